The van der Waals surface area contributed by atoms with Crippen LogP contribution >= 0.6 is 11.6 Å². The summed E-state index contributed by atoms with van der Waals surface area (Å²) in [6.45, 7) is 0.785. The third-order valence-electron chi connectivity index (χ3n) is 3.87. The van der Waals surface area contributed by atoms with Gasteiger partial charge in [-0.2, -0.15) is 5.26 Å². The molecule has 4 nitrogen and oxygen atoms in total. The van der Waals surface area contributed by atoms with E-state index in [1.54, 1.807) is 12.1 Å². The summed E-state index contributed by atoms with van der Waals surface area (Å²) in [7, 11) is 0. The van der Waals surface area contributed by atoms with Crippen LogP contribution in [-0.4, -0.2) is 24.8 Å². The molecule has 2 aliphatic rings. The Hall–Kier alpha value is -1.28. The number of nitrogens with zero attached hydrogens (tertiary/aromatic N) is 1. The van der Waals surface area contributed by atoms with Gasteiger partial charge in [0.1, 0.15) is 6.07 Å². The summed E-state index contributed by atoms with van der Waals surface area (Å²) in [5.41, 5.74) is 7.44. The molecular weight excluding hydrogens is 250 g/mol. The van der Waals surface area contributed by atoms with Gasteiger partial charge in [0, 0.05) is 23.6 Å². The smallest absolute Gasteiger partial charge is 0.101 e. The SMILES string of the molecule is N#Cc1cc(Cl)ccc1NC1C(N)C2CCOC21. The molecule has 4 unspecified atom stereocenters. The zero-order valence-corrected chi connectivity index (χ0v) is 10.5. The predicted octanol–water partition coefficient (Wildman–Crippen LogP) is 1.74. The molecule has 0 bridgehead atoms. The van der Waals surface area contributed by atoms with Crippen molar-refractivity contribution in [2.45, 2.75) is 24.6 Å². The highest BCUT2D eigenvalue weighted by atomic mass is 35.5. The fraction of sp³-hybridized carbons (Fsp3) is 0.462. The maximum atomic E-state index is 9.09. The molecule has 1 aromatic rings. The summed E-state index contributed by atoms with van der Waals surface area (Å²) < 4.78 is 5.65. The number of halogens is 1. The number of nitrogens with one attached hydrogen (secondary N) is 1. The highest BCUT2D eigenvalue weighted by Gasteiger charge is 2.52. The van der Waals surface area contributed by atoms with E-state index in [-0.39, 0.29) is 18.2 Å². The van der Waals surface area contributed by atoms with E-state index in [1.807, 2.05) is 6.07 Å². The molecule has 1 heterocycles. The molecule has 1 aliphatic carbocycles. The molecule has 4 atom stereocenters. The van der Waals surface area contributed by atoms with Crippen LogP contribution in [0.2, 0.25) is 5.02 Å². The fourth-order valence-electron chi connectivity index (χ4n) is 2.84. The van der Waals surface area contributed by atoms with Crippen molar-refractivity contribution >= 4 is 17.3 Å². The molecule has 0 radical (unpaired) electrons. The normalized spacial score (nSPS) is 33.4. The van der Waals surface area contributed by atoms with Crippen molar-refractivity contribution < 1.29 is 4.74 Å². The average molecular weight is 264 g/mol. The molecule has 1 aromatic carbocycles. The van der Waals surface area contributed by atoms with Crippen LogP contribution < -0.4 is 11.1 Å². The van der Waals surface area contributed by atoms with E-state index in [0.717, 1.165) is 18.7 Å². The molecule has 0 amide bonds. The number of ether oxygens (including phenoxy) is 1. The van der Waals surface area contributed by atoms with Crippen LogP contribution in [0.1, 0.15) is 12.0 Å². The van der Waals surface area contributed by atoms with Crippen molar-refractivity contribution in [3.63, 3.8) is 0 Å². The number of rotatable bonds is 2. The highest BCUT2D eigenvalue weighted by molar-refractivity contribution is 6.30. The minimum Gasteiger partial charge on any atom is -0.377 e. The maximum Gasteiger partial charge on any atom is 0.101 e. The first kappa shape index (κ1) is 11.8. The molecule has 0 spiro atoms. The first-order chi connectivity index (χ1) is 8.70. The van der Waals surface area contributed by atoms with Crippen LogP contribution in [0.15, 0.2) is 18.2 Å². The van der Waals surface area contributed by atoms with Crippen LogP contribution in [0.25, 0.3) is 0 Å². The zero-order valence-electron chi connectivity index (χ0n) is 9.77. The first-order valence-electron chi connectivity index (χ1n) is 6.04. The van der Waals surface area contributed by atoms with Crippen LogP contribution in [0.5, 0.6) is 0 Å². The van der Waals surface area contributed by atoms with Crippen LogP contribution in [-0.2, 0) is 4.74 Å². The third kappa shape index (κ3) is 1.76. The molecular formula is C13H14ClN3O. The third-order valence-corrected chi connectivity index (χ3v) is 4.11. The Bertz CT molecular complexity index is 513. The summed E-state index contributed by atoms with van der Waals surface area (Å²) in [6.07, 6.45) is 1.22. The second kappa shape index (κ2) is 4.43. The van der Waals surface area contributed by atoms with Crippen molar-refractivity contribution in [1.29, 1.82) is 5.26 Å². The van der Waals surface area contributed by atoms with Gasteiger partial charge >= 0.3 is 0 Å². The highest BCUT2D eigenvalue weighted by Crippen LogP contribution is 2.39. The quantitative estimate of drug-likeness (QED) is 0.853. The van der Waals surface area contributed by atoms with Crippen LogP contribution in [0.3, 0.4) is 0 Å². The van der Waals surface area contributed by atoms with Crippen LogP contribution in [0.4, 0.5) is 5.69 Å². The van der Waals surface area contributed by atoms with E-state index in [2.05, 4.69) is 11.4 Å². The molecule has 3 rings (SSSR count). The molecule has 94 valence electrons. The number of hydrogen-bond acceptors (Lipinski definition) is 4. The van der Waals surface area contributed by atoms with E-state index in [1.165, 1.54) is 0 Å². The van der Waals surface area contributed by atoms with Crippen molar-refractivity contribution in [3.8, 4) is 6.07 Å². The van der Waals surface area contributed by atoms with Crippen molar-refractivity contribution in [2.75, 3.05) is 11.9 Å². The van der Waals surface area contributed by atoms with Crippen LogP contribution in [0, 0.1) is 17.2 Å². The van der Waals surface area contributed by atoms with Gasteiger partial charge in [0.2, 0.25) is 0 Å². The van der Waals surface area contributed by atoms with Gasteiger partial charge in [-0.25, -0.2) is 0 Å². The average Bonchev–Trinajstić information content (AvgIpc) is 2.81. The Morgan fingerprint density at radius 3 is 3.11 bits per heavy atom. The molecule has 2 fully saturated rings. The summed E-state index contributed by atoms with van der Waals surface area (Å²) in [6, 6.07) is 7.56. The minimum atomic E-state index is 0.0887. The number of nitriles is 1. The largest absolute Gasteiger partial charge is 0.377 e. The van der Waals surface area contributed by atoms with Gasteiger partial charge in [-0.3, -0.25) is 0 Å². The summed E-state index contributed by atoms with van der Waals surface area (Å²) in [4.78, 5) is 0. The van der Waals surface area contributed by atoms with E-state index in [0.29, 0.717) is 16.5 Å². The van der Waals surface area contributed by atoms with E-state index in [4.69, 9.17) is 27.3 Å². The van der Waals surface area contributed by atoms with Gasteiger partial charge < -0.3 is 15.8 Å². The summed E-state index contributed by atoms with van der Waals surface area (Å²) >= 11 is 5.87. The lowest BCUT2D eigenvalue weighted by Crippen LogP contribution is -2.65. The van der Waals surface area contributed by atoms with Crippen molar-refractivity contribution in [2.24, 2.45) is 11.7 Å². The molecule has 0 aromatic heterocycles. The summed E-state index contributed by atoms with van der Waals surface area (Å²) in [5.74, 6) is 0.459. The lowest BCUT2D eigenvalue weighted by molar-refractivity contribution is 0.00537. The molecule has 5 heteroatoms. The summed E-state index contributed by atoms with van der Waals surface area (Å²) in [5, 5.41) is 13.0. The van der Waals surface area contributed by atoms with Gasteiger partial charge in [0.05, 0.1) is 23.4 Å². The predicted molar refractivity (Wildman–Crippen MR) is 69.4 cm³/mol. The number of fused-ring (bicyclic) bond motifs is 1. The zero-order chi connectivity index (χ0) is 12.7. The van der Waals surface area contributed by atoms with E-state index in [9.17, 15) is 0 Å². The first-order valence-corrected chi connectivity index (χ1v) is 6.42. The standard InChI is InChI=1S/C13H14ClN3O/c14-8-1-2-10(7(5-8)6-15)17-12-11(16)9-3-4-18-13(9)12/h1-2,5,9,11-13,17H,3-4,16H2. The van der Waals surface area contributed by atoms with Gasteiger partial charge in [0.15, 0.2) is 0 Å². The van der Waals surface area contributed by atoms with E-state index >= 15 is 0 Å². The molecule has 1 saturated heterocycles. The molecule has 1 aliphatic heterocycles. The maximum absolute atomic E-state index is 9.09. The number of anilines is 1. The Morgan fingerprint density at radius 2 is 2.33 bits per heavy atom. The molecule has 3 N–H and O–H groups in total. The van der Waals surface area contributed by atoms with Crippen molar-refractivity contribution in [1.82, 2.24) is 0 Å². The topological polar surface area (TPSA) is 71.1 Å². The Labute approximate surface area is 111 Å². The molecule has 18 heavy (non-hydrogen) atoms. The lowest BCUT2D eigenvalue weighted by Gasteiger charge is -2.46. The van der Waals surface area contributed by atoms with Gasteiger partial charge in [-0.05, 0) is 24.6 Å². The fourth-order valence-corrected chi connectivity index (χ4v) is 3.01. The second-order valence-electron chi connectivity index (χ2n) is 4.84. The van der Waals surface area contributed by atoms with Crippen molar-refractivity contribution in [3.05, 3.63) is 28.8 Å². The van der Waals surface area contributed by atoms with E-state index < -0.39 is 0 Å². The number of nitrogens with two attached hydrogens (primary N) is 1. The Balaban J connectivity index is 1.79. The molecule has 1 saturated carbocycles. The second-order valence-corrected chi connectivity index (χ2v) is 5.27. The number of hydrogen-bond donors (Lipinski definition) is 2. The van der Waals surface area contributed by atoms with Gasteiger partial charge in [0.25, 0.3) is 0 Å². The Morgan fingerprint density at radius 1 is 1.50 bits per heavy atom. The monoisotopic (exact) mass is 263 g/mol. The Kier molecular flexibility index (Phi) is 2.90. The minimum absolute atomic E-state index is 0.0887. The van der Waals surface area contributed by atoms with Gasteiger partial charge in [-0.15, -0.1) is 0 Å². The van der Waals surface area contributed by atoms with Gasteiger partial charge in [-0.1, -0.05) is 11.6 Å². The lowest BCUT2D eigenvalue weighted by atomic mass is 9.72. The number of benzene rings is 1.